The Kier molecular flexibility index (Phi) is 5.00. The maximum absolute atomic E-state index is 11.1. The van der Waals surface area contributed by atoms with Crippen molar-refractivity contribution >= 4 is 21.9 Å². The van der Waals surface area contributed by atoms with Gasteiger partial charge in [-0.1, -0.05) is 28.1 Å². The van der Waals surface area contributed by atoms with Crippen LogP contribution in [-0.4, -0.2) is 13.1 Å². The second-order valence-corrected chi connectivity index (χ2v) is 4.14. The Labute approximate surface area is 103 Å². The molecule has 0 aliphatic rings. The summed E-state index contributed by atoms with van der Waals surface area (Å²) in [4.78, 5) is 11.1. The van der Waals surface area contributed by atoms with Crippen LogP contribution in [0.15, 0.2) is 22.7 Å². The van der Waals surface area contributed by atoms with E-state index in [4.69, 9.17) is 5.26 Å². The lowest BCUT2D eigenvalue weighted by molar-refractivity contribution is -0.140. The van der Waals surface area contributed by atoms with E-state index < -0.39 is 0 Å². The number of nitriles is 1. The molecule has 0 aromatic heterocycles. The maximum atomic E-state index is 11.1. The van der Waals surface area contributed by atoms with E-state index in [-0.39, 0.29) is 5.97 Å². The molecule has 0 bridgehead atoms. The summed E-state index contributed by atoms with van der Waals surface area (Å²) in [5.41, 5.74) is 1.97. The van der Waals surface area contributed by atoms with Crippen molar-refractivity contribution in [3.05, 3.63) is 33.8 Å². The van der Waals surface area contributed by atoms with Gasteiger partial charge in [0.2, 0.25) is 0 Å². The third-order valence-corrected chi connectivity index (χ3v) is 3.04. The lowest BCUT2D eigenvalue weighted by atomic mass is 10.0. The zero-order valence-electron chi connectivity index (χ0n) is 9.00. The van der Waals surface area contributed by atoms with E-state index in [1.165, 1.54) is 7.11 Å². The van der Waals surface area contributed by atoms with Crippen molar-refractivity contribution in [2.24, 2.45) is 0 Å². The summed E-state index contributed by atoms with van der Waals surface area (Å²) in [6.07, 6.45) is 1.28. The molecule has 0 atom stereocenters. The molecule has 0 unspecified atom stereocenters. The van der Waals surface area contributed by atoms with E-state index >= 15 is 0 Å². The molecule has 84 valence electrons. The minimum absolute atomic E-state index is 0.237. The molecule has 0 spiro atoms. The monoisotopic (exact) mass is 281 g/mol. The van der Waals surface area contributed by atoms with Crippen LogP contribution in [0.3, 0.4) is 0 Å². The summed E-state index contributed by atoms with van der Waals surface area (Å²) < 4.78 is 5.53. The number of benzene rings is 1. The Balaban J connectivity index is 2.84. The summed E-state index contributed by atoms with van der Waals surface area (Å²) in [5.74, 6) is -0.237. The second-order valence-electron chi connectivity index (χ2n) is 3.29. The fourth-order valence-corrected chi connectivity index (χ4v) is 2.07. The molecule has 4 heteroatoms. The number of hydrogen-bond donors (Lipinski definition) is 0. The molecular weight excluding hydrogens is 270 g/mol. The lowest BCUT2D eigenvalue weighted by Crippen LogP contribution is -2.04. The first kappa shape index (κ1) is 12.7. The van der Waals surface area contributed by atoms with Gasteiger partial charge in [-0.25, -0.2) is 0 Å². The Morgan fingerprint density at radius 2 is 2.31 bits per heavy atom. The largest absolute Gasteiger partial charge is 0.469 e. The number of esters is 1. The van der Waals surface area contributed by atoms with Gasteiger partial charge in [0, 0.05) is 10.9 Å². The van der Waals surface area contributed by atoms with Gasteiger partial charge in [-0.3, -0.25) is 4.79 Å². The van der Waals surface area contributed by atoms with Crippen molar-refractivity contribution < 1.29 is 9.53 Å². The summed E-state index contributed by atoms with van der Waals surface area (Å²) >= 11 is 3.43. The van der Waals surface area contributed by atoms with Crippen LogP contribution in [0.5, 0.6) is 0 Å². The van der Waals surface area contributed by atoms with Gasteiger partial charge in [-0.15, -0.1) is 0 Å². The average Bonchev–Trinajstić information content (AvgIpc) is 2.28. The molecule has 1 aromatic rings. The molecule has 1 aromatic carbocycles. The third kappa shape index (κ3) is 3.35. The molecule has 0 aliphatic heterocycles. The Hall–Kier alpha value is -1.34. The Morgan fingerprint density at radius 3 is 2.94 bits per heavy atom. The fraction of sp³-hybridized carbons (Fsp3) is 0.333. The molecule has 1 rings (SSSR count). The van der Waals surface area contributed by atoms with E-state index in [0.717, 1.165) is 15.6 Å². The van der Waals surface area contributed by atoms with Gasteiger partial charge in [0.1, 0.15) is 0 Å². The van der Waals surface area contributed by atoms with Crippen LogP contribution < -0.4 is 0 Å². The van der Waals surface area contributed by atoms with E-state index in [9.17, 15) is 4.79 Å². The van der Waals surface area contributed by atoms with Crippen molar-refractivity contribution in [2.75, 3.05) is 7.11 Å². The first-order chi connectivity index (χ1) is 7.69. The van der Waals surface area contributed by atoms with Gasteiger partial charge in [-0.05, 0) is 23.6 Å². The molecule has 0 fully saturated rings. The second kappa shape index (κ2) is 6.29. The number of carbonyl (C=O) groups is 1. The maximum Gasteiger partial charge on any atom is 0.305 e. The van der Waals surface area contributed by atoms with Crippen LogP contribution in [0.4, 0.5) is 0 Å². The van der Waals surface area contributed by atoms with E-state index in [1.807, 2.05) is 18.2 Å². The van der Waals surface area contributed by atoms with Gasteiger partial charge in [0.25, 0.3) is 0 Å². The topological polar surface area (TPSA) is 50.1 Å². The number of hydrogen-bond acceptors (Lipinski definition) is 3. The highest BCUT2D eigenvalue weighted by molar-refractivity contribution is 9.10. The minimum atomic E-state index is -0.237. The van der Waals surface area contributed by atoms with Crippen molar-refractivity contribution in [1.29, 1.82) is 5.26 Å². The van der Waals surface area contributed by atoms with Gasteiger partial charge in [0.15, 0.2) is 0 Å². The third-order valence-electron chi connectivity index (χ3n) is 2.29. The highest BCUT2D eigenvalue weighted by atomic mass is 79.9. The van der Waals surface area contributed by atoms with Gasteiger partial charge in [-0.2, -0.15) is 5.26 Å². The zero-order chi connectivity index (χ0) is 12.0. The molecule has 0 saturated carbocycles. The number of rotatable bonds is 4. The molecule has 0 heterocycles. The van der Waals surface area contributed by atoms with Crippen LogP contribution in [0.25, 0.3) is 0 Å². The smallest absolute Gasteiger partial charge is 0.305 e. The van der Waals surface area contributed by atoms with Crippen molar-refractivity contribution in [3.8, 4) is 6.07 Å². The minimum Gasteiger partial charge on any atom is -0.469 e. The molecule has 0 radical (unpaired) electrons. The summed E-state index contributed by atoms with van der Waals surface area (Å²) in [6.45, 7) is 0. The molecule has 0 aliphatic carbocycles. The van der Waals surface area contributed by atoms with Crippen LogP contribution in [0.2, 0.25) is 0 Å². The van der Waals surface area contributed by atoms with E-state index in [0.29, 0.717) is 19.3 Å². The summed E-state index contributed by atoms with van der Waals surface area (Å²) in [5, 5.41) is 8.70. The van der Waals surface area contributed by atoms with Gasteiger partial charge < -0.3 is 4.74 Å². The molecule has 0 N–H and O–H groups in total. The van der Waals surface area contributed by atoms with Crippen LogP contribution in [0, 0.1) is 11.3 Å². The lowest BCUT2D eigenvalue weighted by Gasteiger charge is -2.08. The summed E-state index contributed by atoms with van der Waals surface area (Å²) in [7, 11) is 1.37. The summed E-state index contributed by atoms with van der Waals surface area (Å²) in [6, 6.07) is 7.82. The van der Waals surface area contributed by atoms with Crippen LogP contribution in [-0.2, 0) is 22.4 Å². The zero-order valence-corrected chi connectivity index (χ0v) is 10.6. The highest BCUT2D eigenvalue weighted by Gasteiger charge is 2.09. The first-order valence-electron chi connectivity index (χ1n) is 4.89. The van der Waals surface area contributed by atoms with Crippen molar-refractivity contribution in [3.63, 3.8) is 0 Å². The highest BCUT2D eigenvalue weighted by Crippen LogP contribution is 2.22. The van der Waals surface area contributed by atoms with Crippen molar-refractivity contribution in [1.82, 2.24) is 0 Å². The number of nitrogens with zero attached hydrogens (tertiary/aromatic N) is 1. The predicted octanol–water partition coefficient (Wildman–Crippen LogP) is 2.62. The molecule has 0 saturated heterocycles. The molecule has 16 heavy (non-hydrogen) atoms. The van der Waals surface area contributed by atoms with Crippen molar-refractivity contribution in [2.45, 2.75) is 19.3 Å². The molecule has 0 amide bonds. The van der Waals surface area contributed by atoms with E-state index in [2.05, 4.69) is 26.7 Å². The van der Waals surface area contributed by atoms with Crippen LogP contribution in [0.1, 0.15) is 17.5 Å². The van der Waals surface area contributed by atoms with Gasteiger partial charge in [0.05, 0.1) is 19.6 Å². The number of carbonyl (C=O) groups excluding carboxylic acids is 1. The molecule has 3 nitrogen and oxygen atoms in total. The number of methoxy groups -OCH3 is 1. The van der Waals surface area contributed by atoms with Gasteiger partial charge >= 0.3 is 5.97 Å². The predicted molar refractivity (Wildman–Crippen MR) is 63.8 cm³/mol. The number of ether oxygens (including phenoxy) is 1. The van der Waals surface area contributed by atoms with E-state index in [1.54, 1.807) is 0 Å². The Morgan fingerprint density at radius 1 is 1.56 bits per heavy atom. The fourth-order valence-electron chi connectivity index (χ4n) is 1.46. The Bertz CT molecular complexity index is 424. The normalized spacial score (nSPS) is 9.56. The average molecular weight is 282 g/mol. The SMILES string of the molecule is COC(=O)CCc1c(Br)cccc1CC#N. The molecular formula is C12H12BrNO2. The quantitative estimate of drug-likeness (QED) is 0.798. The standard InChI is InChI=1S/C12H12BrNO2/c1-16-12(15)6-5-10-9(7-8-14)3-2-4-11(10)13/h2-4H,5-7H2,1H3. The number of halogens is 1. The van der Waals surface area contributed by atoms with Crippen LogP contribution >= 0.6 is 15.9 Å². The first-order valence-corrected chi connectivity index (χ1v) is 5.68.